The molecule has 1 unspecified atom stereocenters. The minimum Gasteiger partial charge on any atom is -0.383 e. The first-order chi connectivity index (χ1) is 10.6. The molecule has 0 radical (unpaired) electrons. The van der Waals surface area contributed by atoms with Gasteiger partial charge in [0.15, 0.2) is 0 Å². The molecule has 1 aromatic carbocycles. The van der Waals surface area contributed by atoms with E-state index in [0.29, 0.717) is 13.2 Å². The summed E-state index contributed by atoms with van der Waals surface area (Å²) in [5.74, 6) is 0. The molecule has 0 saturated carbocycles. The third-order valence-electron chi connectivity index (χ3n) is 3.12. The van der Waals surface area contributed by atoms with Crippen LogP contribution in [0.4, 0.5) is 4.79 Å². The van der Waals surface area contributed by atoms with Crippen LogP contribution in [-0.4, -0.2) is 30.8 Å². The van der Waals surface area contributed by atoms with Gasteiger partial charge in [-0.3, -0.25) is 0 Å². The highest BCUT2D eigenvalue weighted by Crippen LogP contribution is 2.27. The van der Waals surface area contributed by atoms with Crippen molar-refractivity contribution in [1.29, 1.82) is 0 Å². The molecule has 0 saturated heterocycles. The van der Waals surface area contributed by atoms with Crippen molar-refractivity contribution in [2.45, 2.75) is 26.4 Å². The van der Waals surface area contributed by atoms with Gasteiger partial charge in [0.05, 0.1) is 24.9 Å². The van der Waals surface area contributed by atoms with Gasteiger partial charge < -0.3 is 15.4 Å². The number of aromatic nitrogens is 1. The summed E-state index contributed by atoms with van der Waals surface area (Å²) in [6.07, 6.45) is 0. The number of hydrogen-bond donors (Lipinski definition) is 2. The van der Waals surface area contributed by atoms with Crippen LogP contribution in [0.1, 0.15) is 17.5 Å². The number of benzene rings is 1. The summed E-state index contributed by atoms with van der Waals surface area (Å²) >= 11 is 1.61. The molecular formula is C16H21N3O2S. The number of carbonyl (C=O) groups excluding carboxylic acids is 1. The van der Waals surface area contributed by atoms with Gasteiger partial charge in [0.25, 0.3) is 0 Å². The molecule has 0 aliphatic rings. The molecule has 0 aliphatic carbocycles. The maximum Gasteiger partial charge on any atom is 0.315 e. The molecule has 1 heterocycles. The van der Waals surface area contributed by atoms with E-state index in [1.807, 2.05) is 44.2 Å². The zero-order valence-electron chi connectivity index (χ0n) is 13.1. The fourth-order valence-corrected chi connectivity index (χ4v) is 3.03. The Morgan fingerprint density at radius 2 is 2.09 bits per heavy atom. The van der Waals surface area contributed by atoms with Crippen molar-refractivity contribution in [2.24, 2.45) is 0 Å². The SMILES string of the molecule is COCC(C)NC(=O)NCc1sc(-c2ccccc2)nc1C. The summed E-state index contributed by atoms with van der Waals surface area (Å²) in [5.41, 5.74) is 2.05. The average Bonchev–Trinajstić information content (AvgIpc) is 2.87. The third-order valence-corrected chi connectivity index (χ3v) is 4.32. The molecule has 0 fully saturated rings. The van der Waals surface area contributed by atoms with Gasteiger partial charge in [0, 0.05) is 17.6 Å². The summed E-state index contributed by atoms with van der Waals surface area (Å²) < 4.78 is 4.99. The summed E-state index contributed by atoms with van der Waals surface area (Å²) in [4.78, 5) is 17.4. The molecule has 2 N–H and O–H groups in total. The van der Waals surface area contributed by atoms with Gasteiger partial charge in [-0.15, -0.1) is 11.3 Å². The summed E-state index contributed by atoms with van der Waals surface area (Å²) in [7, 11) is 1.61. The zero-order chi connectivity index (χ0) is 15.9. The lowest BCUT2D eigenvalue weighted by atomic mass is 10.2. The normalized spacial score (nSPS) is 12.0. The second-order valence-corrected chi connectivity index (χ2v) is 6.16. The Labute approximate surface area is 134 Å². The van der Waals surface area contributed by atoms with E-state index in [-0.39, 0.29) is 12.1 Å². The van der Waals surface area contributed by atoms with E-state index in [1.165, 1.54) is 0 Å². The van der Waals surface area contributed by atoms with Crippen molar-refractivity contribution >= 4 is 17.4 Å². The monoisotopic (exact) mass is 319 g/mol. The molecule has 22 heavy (non-hydrogen) atoms. The van der Waals surface area contributed by atoms with Gasteiger partial charge in [-0.25, -0.2) is 9.78 Å². The second-order valence-electron chi connectivity index (χ2n) is 5.08. The Balaban J connectivity index is 1.94. The van der Waals surface area contributed by atoms with E-state index in [9.17, 15) is 4.79 Å². The topological polar surface area (TPSA) is 63.2 Å². The maximum atomic E-state index is 11.8. The maximum absolute atomic E-state index is 11.8. The highest BCUT2D eigenvalue weighted by atomic mass is 32.1. The first-order valence-electron chi connectivity index (χ1n) is 7.15. The van der Waals surface area contributed by atoms with Crippen LogP contribution in [0, 0.1) is 6.92 Å². The molecule has 0 spiro atoms. The fraction of sp³-hybridized carbons (Fsp3) is 0.375. The molecule has 2 aromatic rings. The van der Waals surface area contributed by atoms with Crippen LogP contribution in [-0.2, 0) is 11.3 Å². The van der Waals surface area contributed by atoms with Crippen LogP contribution in [0.5, 0.6) is 0 Å². The van der Waals surface area contributed by atoms with E-state index in [1.54, 1.807) is 18.4 Å². The van der Waals surface area contributed by atoms with Crippen molar-refractivity contribution in [3.8, 4) is 10.6 Å². The number of urea groups is 1. The van der Waals surface area contributed by atoms with Gasteiger partial charge in [-0.2, -0.15) is 0 Å². The van der Waals surface area contributed by atoms with Crippen molar-refractivity contribution in [3.63, 3.8) is 0 Å². The molecule has 2 rings (SSSR count). The number of rotatable bonds is 6. The van der Waals surface area contributed by atoms with E-state index < -0.39 is 0 Å². The molecule has 5 nitrogen and oxygen atoms in total. The number of nitrogens with one attached hydrogen (secondary N) is 2. The van der Waals surface area contributed by atoms with Crippen molar-refractivity contribution < 1.29 is 9.53 Å². The van der Waals surface area contributed by atoms with Gasteiger partial charge >= 0.3 is 6.03 Å². The van der Waals surface area contributed by atoms with Crippen LogP contribution in [0.15, 0.2) is 30.3 Å². The first kappa shape index (κ1) is 16.5. The molecule has 0 bridgehead atoms. The third kappa shape index (κ3) is 4.54. The van der Waals surface area contributed by atoms with E-state index in [4.69, 9.17) is 4.74 Å². The lowest BCUT2D eigenvalue weighted by Gasteiger charge is -2.13. The smallest absolute Gasteiger partial charge is 0.315 e. The number of hydrogen-bond acceptors (Lipinski definition) is 4. The Kier molecular flexibility index (Phi) is 5.91. The Morgan fingerprint density at radius 3 is 2.77 bits per heavy atom. The predicted octanol–water partition coefficient (Wildman–Crippen LogP) is 2.95. The van der Waals surface area contributed by atoms with Crippen molar-refractivity contribution in [3.05, 3.63) is 40.9 Å². The summed E-state index contributed by atoms with van der Waals surface area (Å²) in [6, 6.07) is 9.83. The first-order valence-corrected chi connectivity index (χ1v) is 7.97. The van der Waals surface area contributed by atoms with Crippen LogP contribution in [0.3, 0.4) is 0 Å². The van der Waals surface area contributed by atoms with E-state index in [0.717, 1.165) is 21.1 Å². The van der Waals surface area contributed by atoms with Gasteiger partial charge in [-0.05, 0) is 13.8 Å². The highest BCUT2D eigenvalue weighted by molar-refractivity contribution is 7.15. The van der Waals surface area contributed by atoms with Gasteiger partial charge in [-0.1, -0.05) is 30.3 Å². The zero-order valence-corrected chi connectivity index (χ0v) is 13.9. The highest BCUT2D eigenvalue weighted by Gasteiger charge is 2.11. The molecular weight excluding hydrogens is 298 g/mol. The lowest BCUT2D eigenvalue weighted by molar-refractivity contribution is 0.171. The largest absolute Gasteiger partial charge is 0.383 e. The van der Waals surface area contributed by atoms with Crippen LogP contribution < -0.4 is 10.6 Å². The molecule has 118 valence electrons. The van der Waals surface area contributed by atoms with Crippen molar-refractivity contribution in [2.75, 3.05) is 13.7 Å². The fourth-order valence-electron chi connectivity index (χ4n) is 2.02. The number of ether oxygens (including phenoxy) is 1. The minimum atomic E-state index is -0.196. The Hall–Kier alpha value is -1.92. The molecule has 6 heteroatoms. The average molecular weight is 319 g/mol. The quantitative estimate of drug-likeness (QED) is 0.860. The number of carbonyl (C=O) groups is 1. The summed E-state index contributed by atoms with van der Waals surface area (Å²) in [6.45, 7) is 4.83. The number of thiazole rings is 1. The molecule has 1 atom stereocenters. The second kappa shape index (κ2) is 7.91. The lowest BCUT2D eigenvalue weighted by Crippen LogP contribution is -2.42. The van der Waals surface area contributed by atoms with E-state index >= 15 is 0 Å². The number of aryl methyl sites for hydroxylation is 1. The Bertz CT molecular complexity index is 613. The standard InChI is InChI=1S/C16H21N3O2S/c1-11(10-21-3)18-16(20)17-9-14-12(2)19-15(22-14)13-7-5-4-6-8-13/h4-8,11H,9-10H2,1-3H3,(H2,17,18,20). The molecule has 0 aliphatic heterocycles. The van der Waals surface area contributed by atoms with Crippen LogP contribution in [0.25, 0.3) is 10.6 Å². The van der Waals surface area contributed by atoms with E-state index in [2.05, 4.69) is 15.6 Å². The predicted molar refractivity (Wildman–Crippen MR) is 89.0 cm³/mol. The molecule has 1 aromatic heterocycles. The number of amides is 2. The number of methoxy groups -OCH3 is 1. The Morgan fingerprint density at radius 1 is 1.36 bits per heavy atom. The van der Waals surface area contributed by atoms with Gasteiger partial charge in [0.2, 0.25) is 0 Å². The van der Waals surface area contributed by atoms with Gasteiger partial charge in [0.1, 0.15) is 5.01 Å². The molecule has 2 amide bonds. The van der Waals surface area contributed by atoms with Crippen LogP contribution in [0.2, 0.25) is 0 Å². The minimum absolute atomic E-state index is 0.0209. The summed E-state index contributed by atoms with van der Waals surface area (Å²) in [5, 5.41) is 6.65. The van der Waals surface area contributed by atoms with Crippen molar-refractivity contribution in [1.82, 2.24) is 15.6 Å². The number of nitrogens with zero attached hydrogens (tertiary/aromatic N) is 1. The van der Waals surface area contributed by atoms with Crippen LogP contribution >= 0.6 is 11.3 Å².